The highest BCUT2D eigenvalue weighted by molar-refractivity contribution is 5.43. The molecule has 1 heterocycles. The second-order valence-electron chi connectivity index (χ2n) is 5.16. The largest absolute Gasteiger partial charge is 0.363 e. The summed E-state index contributed by atoms with van der Waals surface area (Å²) in [6, 6.07) is 1.89. The molecular formula is C12H21N5. The minimum atomic E-state index is -0.0437. The van der Waals surface area contributed by atoms with Gasteiger partial charge in [-0.15, -0.1) is 0 Å². The summed E-state index contributed by atoms with van der Waals surface area (Å²) in [6.07, 6.45) is 4.28. The average Bonchev–Trinajstić information content (AvgIpc) is 3.13. The van der Waals surface area contributed by atoms with Crippen molar-refractivity contribution in [3.8, 4) is 0 Å². The maximum Gasteiger partial charge on any atom is 0.226 e. The lowest BCUT2D eigenvalue weighted by Gasteiger charge is -2.30. The number of hydrogen-bond donors (Lipinski definition) is 2. The van der Waals surface area contributed by atoms with E-state index in [1.807, 2.05) is 25.1 Å². The summed E-state index contributed by atoms with van der Waals surface area (Å²) in [4.78, 5) is 10.6. The first kappa shape index (κ1) is 12.1. The van der Waals surface area contributed by atoms with Crippen molar-refractivity contribution in [2.24, 2.45) is 11.7 Å². The maximum atomic E-state index is 5.88. The summed E-state index contributed by atoms with van der Waals surface area (Å²) in [5.41, 5.74) is 5.83. The molecule has 0 saturated heterocycles. The van der Waals surface area contributed by atoms with E-state index in [1.54, 1.807) is 6.20 Å². The van der Waals surface area contributed by atoms with Crippen molar-refractivity contribution >= 4 is 11.8 Å². The first-order valence-corrected chi connectivity index (χ1v) is 6.04. The lowest BCUT2D eigenvalue weighted by Crippen LogP contribution is -2.45. The Bertz CT molecular complexity index is 388. The third kappa shape index (κ3) is 2.66. The third-order valence-corrected chi connectivity index (χ3v) is 3.36. The van der Waals surface area contributed by atoms with Gasteiger partial charge in [-0.25, -0.2) is 4.98 Å². The lowest BCUT2D eigenvalue weighted by atomic mass is 9.96. The molecule has 17 heavy (non-hydrogen) atoms. The summed E-state index contributed by atoms with van der Waals surface area (Å²) < 4.78 is 0. The minimum absolute atomic E-state index is 0.0437. The standard InChI is InChI=1S/C12H21N5/c1-12(8-13,9-4-5-9)16-10-6-7-14-11(15-10)17(2)3/h6-7,9H,4-5,8,13H2,1-3H3,(H,14,15,16). The molecule has 94 valence electrons. The van der Waals surface area contributed by atoms with Crippen LogP contribution in [0.1, 0.15) is 19.8 Å². The van der Waals surface area contributed by atoms with E-state index in [2.05, 4.69) is 22.2 Å². The van der Waals surface area contributed by atoms with Crippen LogP contribution in [0, 0.1) is 5.92 Å². The molecule has 1 aromatic rings. The van der Waals surface area contributed by atoms with Crippen LogP contribution in [-0.4, -0.2) is 36.1 Å². The highest BCUT2D eigenvalue weighted by Gasteiger charge is 2.40. The van der Waals surface area contributed by atoms with Crippen LogP contribution in [0.3, 0.4) is 0 Å². The SMILES string of the molecule is CN(C)c1nccc(NC(C)(CN)C2CC2)n1. The molecular weight excluding hydrogens is 214 g/mol. The molecule has 0 radical (unpaired) electrons. The van der Waals surface area contributed by atoms with E-state index in [-0.39, 0.29) is 5.54 Å². The van der Waals surface area contributed by atoms with Gasteiger partial charge in [-0.3, -0.25) is 0 Å². The van der Waals surface area contributed by atoms with Gasteiger partial charge in [-0.2, -0.15) is 4.98 Å². The van der Waals surface area contributed by atoms with Crippen molar-refractivity contribution < 1.29 is 0 Å². The third-order valence-electron chi connectivity index (χ3n) is 3.36. The van der Waals surface area contributed by atoms with Gasteiger partial charge in [-0.1, -0.05) is 0 Å². The molecule has 1 atom stereocenters. The second kappa shape index (κ2) is 4.49. The summed E-state index contributed by atoms with van der Waals surface area (Å²) in [5.74, 6) is 2.24. The predicted octanol–water partition coefficient (Wildman–Crippen LogP) is 1.08. The van der Waals surface area contributed by atoms with Gasteiger partial charge in [-0.05, 0) is 31.7 Å². The number of nitrogens with one attached hydrogen (secondary N) is 1. The van der Waals surface area contributed by atoms with E-state index in [1.165, 1.54) is 12.8 Å². The summed E-state index contributed by atoms with van der Waals surface area (Å²) in [6.45, 7) is 2.79. The van der Waals surface area contributed by atoms with Gasteiger partial charge < -0.3 is 16.0 Å². The molecule has 3 N–H and O–H groups in total. The predicted molar refractivity (Wildman–Crippen MR) is 70.2 cm³/mol. The molecule has 1 aliphatic rings. The van der Waals surface area contributed by atoms with Crippen molar-refractivity contribution in [1.82, 2.24) is 9.97 Å². The maximum absolute atomic E-state index is 5.88. The number of hydrogen-bond acceptors (Lipinski definition) is 5. The fourth-order valence-electron chi connectivity index (χ4n) is 1.97. The van der Waals surface area contributed by atoms with Crippen LogP contribution >= 0.6 is 0 Å². The minimum Gasteiger partial charge on any atom is -0.363 e. The van der Waals surface area contributed by atoms with Crippen LogP contribution in [-0.2, 0) is 0 Å². The van der Waals surface area contributed by atoms with Gasteiger partial charge in [0.05, 0.1) is 5.54 Å². The lowest BCUT2D eigenvalue weighted by molar-refractivity contribution is 0.458. The quantitative estimate of drug-likeness (QED) is 0.799. The fraction of sp³-hybridized carbons (Fsp3) is 0.667. The Balaban J connectivity index is 2.14. The van der Waals surface area contributed by atoms with E-state index in [4.69, 9.17) is 5.73 Å². The number of nitrogens with zero attached hydrogens (tertiary/aromatic N) is 3. The van der Waals surface area contributed by atoms with Crippen molar-refractivity contribution in [2.45, 2.75) is 25.3 Å². The number of aromatic nitrogens is 2. The Morgan fingerprint density at radius 1 is 1.53 bits per heavy atom. The zero-order valence-electron chi connectivity index (χ0n) is 10.8. The highest BCUT2D eigenvalue weighted by Crippen LogP contribution is 2.40. The Hall–Kier alpha value is -1.36. The molecule has 1 aromatic heterocycles. The Morgan fingerprint density at radius 2 is 2.24 bits per heavy atom. The first-order valence-electron chi connectivity index (χ1n) is 6.04. The summed E-state index contributed by atoms with van der Waals surface area (Å²) in [5, 5.41) is 3.46. The molecule has 1 unspecified atom stereocenters. The smallest absolute Gasteiger partial charge is 0.226 e. The molecule has 1 fully saturated rings. The fourth-order valence-corrected chi connectivity index (χ4v) is 1.97. The molecule has 5 nitrogen and oxygen atoms in total. The van der Waals surface area contributed by atoms with Gasteiger partial charge in [0.25, 0.3) is 0 Å². The Labute approximate surface area is 102 Å². The highest BCUT2D eigenvalue weighted by atomic mass is 15.2. The van der Waals surface area contributed by atoms with E-state index < -0.39 is 0 Å². The summed E-state index contributed by atoms with van der Waals surface area (Å²) >= 11 is 0. The van der Waals surface area contributed by atoms with Crippen molar-refractivity contribution in [3.05, 3.63) is 12.3 Å². The van der Waals surface area contributed by atoms with Crippen LogP contribution in [0.2, 0.25) is 0 Å². The van der Waals surface area contributed by atoms with Crippen LogP contribution in [0.5, 0.6) is 0 Å². The van der Waals surface area contributed by atoms with Crippen LogP contribution < -0.4 is 16.0 Å². The summed E-state index contributed by atoms with van der Waals surface area (Å²) in [7, 11) is 3.87. The van der Waals surface area contributed by atoms with Gasteiger partial charge in [0, 0.05) is 26.8 Å². The van der Waals surface area contributed by atoms with Gasteiger partial charge in [0.2, 0.25) is 5.95 Å². The average molecular weight is 235 g/mol. The molecule has 0 aromatic carbocycles. The zero-order valence-corrected chi connectivity index (χ0v) is 10.8. The Morgan fingerprint density at radius 3 is 2.76 bits per heavy atom. The van der Waals surface area contributed by atoms with Gasteiger partial charge >= 0.3 is 0 Å². The molecule has 0 amide bonds. The topological polar surface area (TPSA) is 67.1 Å². The number of nitrogens with two attached hydrogens (primary N) is 1. The Kier molecular flexibility index (Phi) is 3.19. The monoisotopic (exact) mass is 235 g/mol. The first-order chi connectivity index (χ1) is 8.05. The van der Waals surface area contributed by atoms with Gasteiger partial charge in [0.1, 0.15) is 5.82 Å². The zero-order chi connectivity index (χ0) is 12.5. The normalized spacial score (nSPS) is 18.6. The molecule has 1 saturated carbocycles. The van der Waals surface area contributed by atoms with Crippen molar-refractivity contribution in [3.63, 3.8) is 0 Å². The molecule has 2 rings (SSSR count). The van der Waals surface area contributed by atoms with Crippen LogP contribution in [0.15, 0.2) is 12.3 Å². The van der Waals surface area contributed by atoms with Gasteiger partial charge in [0.15, 0.2) is 0 Å². The molecule has 0 bridgehead atoms. The van der Waals surface area contributed by atoms with E-state index in [0.717, 1.165) is 5.82 Å². The van der Waals surface area contributed by atoms with Crippen molar-refractivity contribution in [2.75, 3.05) is 30.9 Å². The molecule has 0 spiro atoms. The van der Waals surface area contributed by atoms with E-state index in [0.29, 0.717) is 18.4 Å². The van der Waals surface area contributed by atoms with Crippen LogP contribution in [0.25, 0.3) is 0 Å². The molecule has 0 aliphatic heterocycles. The second-order valence-corrected chi connectivity index (χ2v) is 5.16. The molecule has 5 heteroatoms. The van der Waals surface area contributed by atoms with E-state index in [9.17, 15) is 0 Å². The van der Waals surface area contributed by atoms with Crippen LogP contribution in [0.4, 0.5) is 11.8 Å². The number of rotatable bonds is 5. The molecule has 1 aliphatic carbocycles. The number of anilines is 2. The van der Waals surface area contributed by atoms with E-state index >= 15 is 0 Å². The van der Waals surface area contributed by atoms with Crippen molar-refractivity contribution in [1.29, 1.82) is 0 Å².